The summed E-state index contributed by atoms with van der Waals surface area (Å²) in [7, 11) is 3.84. The van der Waals surface area contributed by atoms with Crippen LogP contribution >= 0.6 is 0 Å². The quantitative estimate of drug-likeness (QED) is 0.677. The topological polar surface area (TPSA) is 37.2 Å². The van der Waals surface area contributed by atoms with Gasteiger partial charge in [-0.2, -0.15) is 18.3 Å². The summed E-state index contributed by atoms with van der Waals surface area (Å²) in [6.07, 6.45) is -2.61. The highest BCUT2D eigenvalue weighted by Crippen LogP contribution is 2.35. The first kappa shape index (κ1) is 16.1. The highest BCUT2D eigenvalue weighted by atomic mass is 19.4. The van der Waals surface area contributed by atoms with Gasteiger partial charge in [-0.25, -0.2) is 4.98 Å². The lowest BCUT2D eigenvalue weighted by Crippen LogP contribution is -2.44. The maximum absolute atomic E-state index is 13.1. The molecule has 0 N–H and O–H groups in total. The first-order chi connectivity index (χ1) is 11.8. The number of piperazine rings is 1. The van der Waals surface area contributed by atoms with Gasteiger partial charge in [0, 0.05) is 50.2 Å². The van der Waals surface area contributed by atoms with E-state index in [9.17, 15) is 13.2 Å². The molecular weight excluding hydrogens is 331 g/mol. The van der Waals surface area contributed by atoms with E-state index in [1.165, 1.54) is 12.1 Å². The van der Waals surface area contributed by atoms with Crippen molar-refractivity contribution < 1.29 is 13.2 Å². The summed E-state index contributed by atoms with van der Waals surface area (Å²) in [6, 6.07) is 3.70. The molecular formula is C17H18F3N5. The Morgan fingerprint density at radius 1 is 1.00 bits per heavy atom. The molecule has 3 heterocycles. The molecule has 4 rings (SSSR count). The second-order valence-electron chi connectivity index (χ2n) is 6.52. The molecule has 2 aromatic heterocycles. The number of fused-ring (bicyclic) bond motifs is 3. The lowest BCUT2D eigenvalue weighted by atomic mass is 10.1. The van der Waals surface area contributed by atoms with Crippen LogP contribution in [-0.4, -0.2) is 52.9 Å². The van der Waals surface area contributed by atoms with Crippen LogP contribution < -0.4 is 4.90 Å². The van der Waals surface area contributed by atoms with Crippen molar-refractivity contribution in [2.45, 2.75) is 6.18 Å². The zero-order chi connectivity index (χ0) is 17.8. The lowest BCUT2D eigenvalue weighted by molar-refractivity contribution is -0.137. The molecule has 0 unspecified atom stereocenters. The minimum Gasteiger partial charge on any atom is -0.352 e. The molecule has 0 bridgehead atoms. The van der Waals surface area contributed by atoms with Gasteiger partial charge in [0.25, 0.3) is 0 Å². The Bertz CT molecular complexity index is 939. The van der Waals surface area contributed by atoms with Crippen molar-refractivity contribution >= 4 is 27.6 Å². The number of nitrogens with zero attached hydrogens (tertiary/aromatic N) is 5. The van der Waals surface area contributed by atoms with Crippen LogP contribution in [0.25, 0.3) is 21.8 Å². The van der Waals surface area contributed by atoms with Gasteiger partial charge in [0.05, 0.1) is 11.1 Å². The summed E-state index contributed by atoms with van der Waals surface area (Å²) >= 11 is 0. The number of halogens is 3. The van der Waals surface area contributed by atoms with Gasteiger partial charge < -0.3 is 9.80 Å². The first-order valence-corrected chi connectivity index (χ1v) is 8.11. The highest BCUT2D eigenvalue weighted by molar-refractivity contribution is 6.08. The van der Waals surface area contributed by atoms with Crippen molar-refractivity contribution in [1.82, 2.24) is 19.7 Å². The normalized spacial score (nSPS) is 16.9. The van der Waals surface area contributed by atoms with Crippen LogP contribution in [0, 0.1) is 0 Å². The third-order valence-electron chi connectivity index (χ3n) is 4.68. The Balaban J connectivity index is 1.92. The molecule has 0 atom stereocenters. The summed E-state index contributed by atoms with van der Waals surface area (Å²) < 4.78 is 40.9. The number of rotatable bonds is 1. The molecule has 25 heavy (non-hydrogen) atoms. The second kappa shape index (κ2) is 5.59. The highest BCUT2D eigenvalue weighted by Gasteiger charge is 2.31. The molecule has 0 aliphatic carbocycles. The standard InChI is InChI=1S/C17H18F3N5/c1-23-5-7-25(8-6-23)16-15-13(10-24(2)22-15)12-9-11(17(18,19)20)3-4-14(12)21-16/h3-4,9-10H,5-8H2,1-2H3. The van der Waals surface area contributed by atoms with Crippen molar-refractivity contribution in [1.29, 1.82) is 0 Å². The maximum atomic E-state index is 13.1. The van der Waals surface area contributed by atoms with Gasteiger partial charge >= 0.3 is 6.18 Å². The average Bonchev–Trinajstić information content (AvgIpc) is 2.95. The van der Waals surface area contributed by atoms with Gasteiger partial charge in [-0.05, 0) is 25.2 Å². The Labute approximate surface area is 142 Å². The van der Waals surface area contributed by atoms with E-state index in [0.29, 0.717) is 21.8 Å². The fraction of sp³-hybridized carbons (Fsp3) is 0.412. The van der Waals surface area contributed by atoms with Gasteiger partial charge in [0.1, 0.15) is 5.52 Å². The lowest BCUT2D eigenvalue weighted by Gasteiger charge is -2.33. The summed E-state index contributed by atoms with van der Waals surface area (Å²) in [5.74, 6) is 0.746. The third-order valence-corrected chi connectivity index (χ3v) is 4.68. The van der Waals surface area contributed by atoms with Gasteiger partial charge in [-0.1, -0.05) is 0 Å². The van der Waals surface area contributed by atoms with Crippen molar-refractivity contribution in [3.8, 4) is 0 Å². The van der Waals surface area contributed by atoms with Crippen LogP contribution in [0.15, 0.2) is 24.4 Å². The Kier molecular flexibility index (Phi) is 3.61. The van der Waals surface area contributed by atoms with E-state index >= 15 is 0 Å². The predicted octanol–water partition coefficient (Wildman–Crippen LogP) is 2.89. The fourth-order valence-electron chi connectivity index (χ4n) is 3.28. The first-order valence-electron chi connectivity index (χ1n) is 8.11. The molecule has 1 aromatic carbocycles. The van der Waals surface area contributed by atoms with Crippen LogP contribution in [0.2, 0.25) is 0 Å². The fourth-order valence-corrected chi connectivity index (χ4v) is 3.28. The van der Waals surface area contributed by atoms with Crippen LogP contribution in [0.5, 0.6) is 0 Å². The molecule has 132 valence electrons. The molecule has 0 radical (unpaired) electrons. The second-order valence-corrected chi connectivity index (χ2v) is 6.52. The van der Waals surface area contributed by atoms with Gasteiger partial charge in [0.2, 0.25) is 0 Å². The van der Waals surface area contributed by atoms with Gasteiger partial charge in [-0.15, -0.1) is 0 Å². The molecule has 1 fully saturated rings. The molecule has 0 saturated carbocycles. The monoisotopic (exact) mass is 349 g/mol. The number of aryl methyl sites for hydroxylation is 1. The number of alkyl halides is 3. The van der Waals surface area contributed by atoms with E-state index in [1.807, 2.05) is 0 Å². The predicted molar refractivity (Wildman–Crippen MR) is 90.7 cm³/mol. The molecule has 3 aromatic rings. The largest absolute Gasteiger partial charge is 0.416 e. The molecule has 5 nitrogen and oxygen atoms in total. The van der Waals surface area contributed by atoms with E-state index in [4.69, 9.17) is 0 Å². The average molecular weight is 349 g/mol. The number of likely N-dealkylation sites (N-methyl/N-ethyl adjacent to an activating group) is 1. The zero-order valence-corrected chi connectivity index (χ0v) is 14.0. The van der Waals surface area contributed by atoms with Gasteiger partial charge in [0.15, 0.2) is 5.82 Å². The molecule has 1 aliphatic heterocycles. The van der Waals surface area contributed by atoms with Crippen molar-refractivity contribution in [3.63, 3.8) is 0 Å². The van der Waals surface area contributed by atoms with E-state index in [2.05, 4.69) is 26.9 Å². The van der Waals surface area contributed by atoms with Crippen LogP contribution in [0.1, 0.15) is 5.56 Å². The van der Waals surface area contributed by atoms with Gasteiger partial charge in [-0.3, -0.25) is 4.68 Å². The summed E-state index contributed by atoms with van der Waals surface area (Å²) in [5, 5.41) is 5.65. The minimum atomic E-state index is -4.38. The van der Waals surface area contributed by atoms with Crippen molar-refractivity contribution in [3.05, 3.63) is 30.0 Å². The van der Waals surface area contributed by atoms with Crippen LogP contribution in [-0.2, 0) is 13.2 Å². The van der Waals surface area contributed by atoms with Crippen LogP contribution in [0.3, 0.4) is 0 Å². The summed E-state index contributed by atoms with van der Waals surface area (Å²) in [4.78, 5) is 9.05. The smallest absolute Gasteiger partial charge is 0.352 e. The maximum Gasteiger partial charge on any atom is 0.416 e. The minimum absolute atomic E-state index is 0.482. The third kappa shape index (κ3) is 2.80. The van der Waals surface area contributed by atoms with E-state index in [1.54, 1.807) is 17.9 Å². The summed E-state index contributed by atoms with van der Waals surface area (Å²) in [5.41, 5.74) is 0.542. The Hall–Kier alpha value is -2.35. The number of benzene rings is 1. The number of anilines is 1. The van der Waals surface area contributed by atoms with Crippen LogP contribution in [0.4, 0.5) is 19.0 Å². The number of hydrogen-bond donors (Lipinski definition) is 0. The van der Waals surface area contributed by atoms with Crippen molar-refractivity contribution in [2.24, 2.45) is 7.05 Å². The van der Waals surface area contributed by atoms with E-state index in [-0.39, 0.29) is 0 Å². The molecule has 8 heteroatoms. The Morgan fingerprint density at radius 3 is 2.40 bits per heavy atom. The summed E-state index contributed by atoms with van der Waals surface area (Å²) in [6.45, 7) is 3.48. The van der Waals surface area contributed by atoms with E-state index in [0.717, 1.165) is 38.1 Å². The molecule has 1 saturated heterocycles. The number of aromatic nitrogens is 3. The van der Waals surface area contributed by atoms with E-state index < -0.39 is 11.7 Å². The Morgan fingerprint density at radius 2 is 1.72 bits per heavy atom. The molecule has 1 aliphatic rings. The molecule has 0 amide bonds. The zero-order valence-electron chi connectivity index (χ0n) is 14.0. The molecule has 0 spiro atoms. The number of hydrogen-bond acceptors (Lipinski definition) is 4. The van der Waals surface area contributed by atoms with Crippen molar-refractivity contribution in [2.75, 3.05) is 38.1 Å². The number of pyridine rings is 1. The SMILES string of the molecule is CN1CCN(c2nc3ccc(C(F)(F)F)cc3c3cn(C)nc23)CC1.